The number of benzene rings is 2. The first kappa shape index (κ1) is 14.0. The third-order valence-electron chi connectivity index (χ3n) is 3.00. The van der Waals surface area contributed by atoms with Crippen molar-refractivity contribution < 1.29 is 8.78 Å². The van der Waals surface area contributed by atoms with E-state index in [1.165, 1.54) is 18.2 Å². The van der Waals surface area contributed by atoms with Gasteiger partial charge in [0, 0.05) is 5.69 Å². The van der Waals surface area contributed by atoms with E-state index in [0.29, 0.717) is 16.8 Å². The summed E-state index contributed by atoms with van der Waals surface area (Å²) in [5.41, 5.74) is 2.41. The highest BCUT2D eigenvalue weighted by Crippen LogP contribution is 2.22. The van der Waals surface area contributed by atoms with Crippen LogP contribution in [0.4, 0.5) is 14.5 Å². The maximum absolute atomic E-state index is 13.3. The van der Waals surface area contributed by atoms with Crippen molar-refractivity contribution in [3.8, 4) is 6.07 Å². The predicted molar refractivity (Wildman–Crippen MR) is 74.3 cm³/mol. The van der Waals surface area contributed by atoms with Gasteiger partial charge in [-0.2, -0.15) is 5.26 Å². The fourth-order valence-electron chi connectivity index (χ4n) is 2.02. The highest BCUT2D eigenvalue weighted by molar-refractivity contribution is 5.50. The molecule has 0 heterocycles. The molecule has 2 aromatic carbocycles. The summed E-state index contributed by atoms with van der Waals surface area (Å²) in [6.45, 7) is 3.41. The zero-order chi connectivity index (χ0) is 14.7. The van der Waals surface area contributed by atoms with E-state index in [1.54, 1.807) is 32.0 Å². The topological polar surface area (TPSA) is 35.8 Å². The normalized spacial score (nSPS) is 11.8. The van der Waals surface area contributed by atoms with E-state index in [2.05, 4.69) is 11.4 Å². The fourth-order valence-corrected chi connectivity index (χ4v) is 2.02. The van der Waals surface area contributed by atoms with Crippen LogP contribution in [-0.2, 0) is 0 Å². The van der Waals surface area contributed by atoms with E-state index in [1.807, 2.05) is 0 Å². The first-order chi connectivity index (χ1) is 9.49. The molecule has 0 saturated carbocycles. The van der Waals surface area contributed by atoms with E-state index in [0.717, 1.165) is 5.56 Å². The van der Waals surface area contributed by atoms with Crippen LogP contribution in [0.15, 0.2) is 36.4 Å². The molecule has 0 spiro atoms. The average Bonchev–Trinajstić information content (AvgIpc) is 2.38. The largest absolute Gasteiger partial charge is 0.366 e. The van der Waals surface area contributed by atoms with Crippen LogP contribution in [0.5, 0.6) is 0 Å². The van der Waals surface area contributed by atoms with Gasteiger partial charge in [0.25, 0.3) is 0 Å². The number of anilines is 1. The van der Waals surface area contributed by atoms with Crippen molar-refractivity contribution in [2.45, 2.75) is 19.9 Å². The molecule has 102 valence electrons. The van der Waals surface area contributed by atoms with Crippen molar-refractivity contribution in [2.75, 3.05) is 5.32 Å². The van der Waals surface area contributed by atoms with Crippen LogP contribution < -0.4 is 5.32 Å². The fraction of sp³-hybridized carbons (Fsp3) is 0.188. The molecule has 0 bridgehead atoms. The SMILES string of the molecule is Cc1cc(F)cc(NC(C#N)c2ccc(F)c(C)c2)c1. The van der Waals surface area contributed by atoms with Crippen LogP contribution in [0.2, 0.25) is 0 Å². The monoisotopic (exact) mass is 272 g/mol. The molecule has 2 rings (SSSR count). The highest BCUT2D eigenvalue weighted by Gasteiger charge is 2.12. The van der Waals surface area contributed by atoms with Crippen LogP contribution in [0.1, 0.15) is 22.7 Å². The van der Waals surface area contributed by atoms with Crippen LogP contribution >= 0.6 is 0 Å². The Hall–Kier alpha value is -2.41. The molecule has 0 aliphatic rings. The number of nitrogens with one attached hydrogen (secondary N) is 1. The molecule has 0 amide bonds. The minimum atomic E-state index is -0.657. The second kappa shape index (κ2) is 5.70. The first-order valence-electron chi connectivity index (χ1n) is 6.19. The van der Waals surface area contributed by atoms with Crippen molar-refractivity contribution in [2.24, 2.45) is 0 Å². The number of nitriles is 1. The summed E-state index contributed by atoms with van der Waals surface area (Å²) in [6, 6.07) is 10.4. The van der Waals surface area contributed by atoms with Gasteiger partial charge in [0.05, 0.1) is 6.07 Å². The molecule has 20 heavy (non-hydrogen) atoms. The average molecular weight is 272 g/mol. The lowest BCUT2D eigenvalue weighted by Gasteiger charge is -2.14. The number of rotatable bonds is 3. The summed E-state index contributed by atoms with van der Waals surface area (Å²) < 4.78 is 26.6. The third-order valence-corrected chi connectivity index (χ3v) is 3.00. The molecule has 1 atom stereocenters. The van der Waals surface area contributed by atoms with Gasteiger partial charge in [-0.05, 0) is 54.8 Å². The highest BCUT2D eigenvalue weighted by atomic mass is 19.1. The van der Waals surface area contributed by atoms with Gasteiger partial charge in [-0.15, -0.1) is 0 Å². The zero-order valence-corrected chi connectivity index (χ0v) is 11.2. The van der Waals surface area contributed by atoms with Crippen LogP contribution in [0.3, 0.4) is 0 Å². The number of hydrogen-bond donors (Lipinski definition) is 1. The third kappa shape index (κ3) is 3.12. The lowest BCUT2D eigenvalue weighted by Crippen LogP contribution is -2.09. The Bertz CT molecular complexity index is 654. The molecule has 1 unspecified atom stereocenters. The van der Waals surface area contributed by atoms with Crippen molar-refractivity contribution in [3.63, 3.8) is 0 Å². The molecule has 0 saturated heterocycles. The Balaban J connectivity index is 2.29. The minimum absolute atomic E-state index is 0.313. The molecule has 2 aromatic rings. The van der Waals surface area contributed by atoms with Crippen molar-refractivity contribution in [1.29, 1.82) is 5.26 Å². The number of hydrogen-bond acceptors (Lipinski definition) is 2. The van der Waals surface area contributed by atoms with Crippen LogP contribution in [-0.4, -0.2) is 0 Å². The zero-order valence-electron chi connectivity index (χ0n) is 11.2. The number of halogens is 2. The summed E-state index contributed by atoms with van der Waals surface area (Å²) in [7, 11) is 0. The molecule has 0 aromatic heterocycles. The molecule has 1 N–H and O–H groups in total. The summed E-state index contributed by atoms with van der Waals surface area (Å²) >= 11 is 0. The molecular formula is C16H14F2N2. The number of aryl methyl sites for hydroxylation is 2. The molecule has 0 fully saturated rings. The van der Waals surface area contributed by atoms with Gasteiger partial charge in [-0.3, -0.25) is 0 Å². The minimum Gasteiger partial charge on any atom is -0.366 e. The van der Waals surface area contributed by atoms with Crippen molar-refractivity contribution >= 4 is 5.69 Å². The van der Waals surface area contributed by atoms with E-state index in [-0.39, 0.29) is 11.6 Å². The summed E-state index contributed by atoms with van der Waals surface area (Å²) in [6.07, 6.45) is 0. The lowest BCUT2D eigenvalue weighted by atomic mass is 10.0. The maximum atomic E-state index is 13.3. The Morgan fingerprint density at radius 3 is 2.45 bits per heavy atom. The van der Waals surface area contributed by atoms with Gasteiger partial charge >= 0.3 is 0 Å². The molecule has 0 aliphatic heterocycles. The standard InChI is InChI=1S/C16H14F2N2/c1-10-5-13(17)8-14(6-10)20-16(9-19)12-3-4-15(18)11(2)7-12/h3-8,16,20H,1-2H3. The van der Waals surface area contributed by atoms with Gasteiger partial charge < -0.3 is 5.32 Å². The Labute approximate surface area is 116 Å². The van der Waals surface area contributed by atoms with E-state index >= 15 is 0 Å². The molecule has 0 aliphatic carbocycles. The first-order valence-corrected chi connectivity index (χ1v) is 6.19. The lowest BCUT2D eigenvalue weighted by molar-refractivity contribution is 0.617. The molecule has 2 nitrogen and oxygen atoms in total. The van der Waals surface area contributed by atoms with Gasteiger partial charge in [0.1, 0.15) is 17.7 Å². The summed E-state index contributed by atoms with van der Waals surface area (Å²) in [5, 5.41) is 12.2. The van der Waals surface area contributed by atoms with Gasteiger partial charge in [-0.1, -0.05) is 12.1 Å². The van der Waals surface area contributed by atoms with Gasteiger partial charge in [0.15, 0.2) is 0 Å². The Kier molecular flexibility index (Phi) is 3.99. The van der Waals surface area contributed by atoms with E-state index in [9.17, 15) is 14.0 Å². The Morgan fingerprint density at radius 2 is 1.85 bits per heavy atom. The predicted octanol–water partition coefficient (Wildman–Crippen LogP) is 4.26. The molecular weight excluding hydrogens is 258 g/mol. The van der Waals surface area contributed by atoms with E-state index < -0.39 is 6.04 Å². The second-order valence-corrected chi connectivity index (χ2v) is 4.73. The summed E-state index contributed by atoms with van der Waals surface area (Å²) in [4.78, 5) is 0. The van der Waals surface area contributed by atoms with Crippen molar-refractivity contribution in [1.82, 2.24) is 0 Å². The van der Waals surface area contributed by atoms with Gasteiger partial charge in [0.2, 0.25) is 0 Å². The Morgan fingerprint density at radius 1 is 1.10 bits per heavy atom. The van der Waals surface area contributed by atoms with Gasteiger partial charge in [-0.25, -0.2) is 8.78 Å². The van der Waals surface area contributed by atoms with Crippen molar-refractivity contribution in [3.05, 3.63) is 64.7 Å². The number of nitrogens with zero attached hydrogens (tertiary/aromatic N) is 1. The maximum Gasteiger partial charge on any atom is 0.140 e. The molecule has 0 radical (unpaired) electrons. The summed E-state index contributed by atoms with van der Waals surface area (Å²) in [5.74, 6) is -0.675. The van der Waals surface area contributed by atoms with E-state index in [4.69, 9.17) is 0 Å². The smallest absolute Gasteiger partial charge is 0.140 e. The second-order valence-electron chi connectivity index (χ2n) is 4.73. The quantitative estimate of drug-likeness (QED) is 0.906. The van der Waals surface area contributed by atoms with Crippen LogP contribution in [0, 0.1) is 36.8 Å². The van der Waals surface area contributed by atoms with Crippen LogP contribution in [0.25, 0.3) is 0 Å². The molecule has 4 heteroatoms.